The Labute approximate surface area is 104 Å². The smallest absolute Gasteiger partial charge is 0.0521 e. The molecule has 2 saturated heterocycles. The highest BCUT2D eigenvalue weighted by atomic mass is 16.5. The van der Waals surface area contributed by atoms with Gasteiger partial charge in [0.2, 0.25) is 0 Å². The van der Waals surface area contributed by atoms with E-state index in [9.17, 15) is 0 Å². The van der Waals surface area contributed by atoms with Crippen LogP contribution in [0.3, 0.4) is 0 Å². The lowest BCUT2D eigenvalue weighted by molar-refractivity contribution is -0.0892. The summed E-state index contributed by atoms with van der Waals surface area (Å²) in [6.07, 6.45) is 6.64. The summed E-state index contributed by atoms with van der Waals surface area (Å²) in [5.41, 5.74) is 0.521. The molecule has 0 amide bonds. The van der Waals surface area contributed by atoms with Crippen LogP contribution in [0.1, 0.15) is 32.1 Å². The molecule has 0 unspecified atom stereocenters. The highest BCUT2D eigenvalue weighted by Crippen LogP contribution is 2.43. The van der Waals surface area contributed by atoms with E-state index in [1.807, 2.05) is 0 Å². The summed E-state index contributed by atoms with van der Waals surface area (Å²) in [5, 5.41) is 3.48. The molecule has 2 heterocycles. The van der Waals surface area contributed by atoms with E-state index in [1.54, 1.807) is 0 Å². The van der Waals surface area contributed by atoms with Crippen molar-refractivity contribution >= 4 is 0 Å². The van der Waals surface area contributed by atoms with Gasteiger partial charge in [-0.05, 0) is 56.5 Å². The standard InChI is InChI=1S/C14H25NO2/c1-2-12(1)9-17-11-13-10-16-8-5-14(13)3-6-15-7-4-14/h12-13,15H,1-11H2/t13-/m0/s1. The van der Waals surface area contributed by atoms with Crippen molar-refractivity contribution in [1.82, 2.24) is 5.32 Å². The Morgan fingerprint density at radius 2 is 1.94 bits per heavy atom. The fraction of sp³-hybridized carbons (Fsp3) is 1.00. The van der Waals surface area contributed by atoms with Crippen LogP contribution in [0.25, 0.3) is 0 Å². The Morgan fingerprint density at radius 1 is 1.12 bits per heavy atom. The quantitative estimate of drug-likeness (QED) is 0.812. The minimum absolute atomic E-state index is 0.521. The molecule has 3 fully saturated rings. The molecular formula is C14H25NO2. The van der Waals surface area contributed by atoms with Gasteiger partial charge in [-0.15, -0.1) is 0 Å². The molecule has 1 N–H and O–H groups in total. The summed E-state index contributed by atoms with van der Waals surface area (Å²) in [6, 6.07) is 0. The average Bonchev–Trinajstić information content (AvgIpc) is 3.17. The lowest BCUT2D eigenvalue weighted by atomic mass is 9.66. The first kappa shape index (κ1) is 11.9. The summed E-state index contributed by atoms with van der Waals surface area (Å²) >= 11 is 0. The molecule has 0 aromatic carbocycles. The van der Waals surface area contributed by atoms with E-state index < -0.39 is 0 Å². The zero-order valence-electron chi connectivity index (χ0n) is 10.7. The molecule has 0 radical (unpaired) electrons. The molecule has 1 spiro atoms. The van der Waals surface area contributed by atoms with Crippen molar-refractivity contribution in [3.8, 4) is 0 Å². The number of nitrogens with one attached hydrogen (secondary N) is 1. The van der Waals surface area contributed by atoms with Gasteiger partial charge in [0.05, 0.1) is 13.2 Å². The molecule has 1 atom stereocenters. The van der Waals surface area contributed by atoms with E-state index >= 15 is 0 Å². The fourth-order valence-electron chi connectivity index (χ4n) is 3.35. The molecule has 1 saturated carbocycles. The van der Waals surface area contributed by atoms with Crippen LogP contribution >= 0.6 is 0 Å². The molecular weight excluding hydrogens is 214 g/mol. The maximum atomic E-state index is 5.92. The largest absolute Gasteiger partial charge is 0.381 e. The van der Waals surface area contributed by atoms with Gasteiger partial charge in [0.15, 0.2) is 0 Å². The van der Waals surface area contributed by atoms with Crippen molar-refractivity contribution < 1.29 is 9.47 Å². The molecule has 0 bridgehead atoms. The molecule has 17 heavy (non-hydrogen) atoms. The Balaban J connectivity index is 1.54. The van der Waals surface area contributed by atoms with Gasteiger partial charge in [-0.25, -0.2) is 0 Å². The van der Waals surface area contributed by atoms with E-state index in [-0.39, 0.29) is 0 Å². The summed E-state index contributed by atoms with van der Waals surface area (Å²) in [6.45, 7) is 6.16. The molecule has 3 heteroatoms. The van der Waals surface area contributed by atoms with Crippen molar-refractivity contribution in [1.29, 1.82) is 0 Å². The second-order valence-electron chi connectivity index (χ2n) is 6.12. The van der Waals surface area contributed by atoms with Crippen molar-refractivity contribution in [3.05, 3.63) is 0 Å². The molecule has 0 aromatic rings. The molecule has 1 aliphatic carbocycles. The van der Waals surface area contributed by atoms with E-state index in [2.05, 4.69) is 5.32 Å². The van der Waals surface area contributed by atoms with Gasteiger partial charge in [-0.2, -0.15) is 0 Å². The van der Waals surface area contributed by atoms with Gasteiger partial charge in [0, 0.05) is 19.1 Å². The highest BCUT2D eigenvalue weighted by molar-refractivity contribution is 4.92. The van der Waals surface area contributed by atoms with Gasteiger partial charge in [0.25, 0.3) is 0 Å². The third-order valence-electron chi connectivity index (χ3n) is 4.90. The second-order valence-corrected chi connectivity index (χ2v) is 6.12. The number of hydrogen-bond donors (Lipinski definition) is 1. The van der Waals surface area contributed by atoms with E-state index in [4.69, 9.17) is 9.47 Å². The van der Waals surface area contributed by atoms with Crippen molar-refractivity contribution in [2.45, 2.75) is 32.1 Å². The van der Waals surface area contributed by atoms with Crippen LogP contribution in [0.15, 0.2) is 0 Å². The monoisotopic (exact) mass is 239 g/mol. The molecule has 2 aliphatic heterocycles. The first-order valence-corrected chi connectivity index (χ1v) is 7.25. The SMILES string of the molecule is C1CC2(CCN1)CCOC[C@H]2COCC1CC1. The lowest BCUT2D eigenvalue weighted by Crippen LogP contribution is -2.48. The third kappa shape index (κ3) is 2.83. The minimum atomic E-state index is 0.521. The molecule has 98 valence electrons. The first-order chi connectivity index (χ1) is 8.39. The summed E-state index contributed by atoms with van der Waals surface area (Å²) < 4.78 is 11.6. The van der Waals surface area contributed by atoms with Crippen molar-refractivity contribution in [2.24, 2.45) is 17.3 Å². The zero-order valence-corrected chi connectivity index (χ0v) is 10.7. The van der Waals surface area contributed by atoms with Crippen LogP contribution in [-0.4, -0.2) is 39.5 Å². The van der Waals surface area contributed by atoms with Crippen LogP contribution in [-0.2, 0) is 9.47 Å². The van der Waals surface area contributed by atoms with Gasteiger partial charge >= 0.3 is 0 Å². The normalized spacial score (nSPS) is 32.8. The van der Waals surface area contributed by atoms with Crippen LogP contribution in [0, 0.1) is 17.3 Å². The van der Waals surface area contributed by atoms with E-state index in [0.29, 0.717) is 11.3 Å². The maximum absolute atomic E-state index is 5.92. The topological polar surface area (TPSA) is 30.5 Å². The van der Waals surface area contributed by atoms with Crippen LogP contribution in [0.4, 0.5) is 0 Å². The molecule has 3 aliphatic rings. The predicted molar refractivity (Wildman–Crippen MR) is 67.0 cm³/mol. The Kier molecular flexibility index (Phi) is 3.69. The van der Waals surface area contributed by atoms with Gasteiger partial charge in [-0.1, -0.05) is 0 Å². The average molecular weight is 239 g/mol. The van der Waals surface area contributed by atoms with Crippen LogP contribution in [0.5, 0.6) is 0 Å². The second kappa shape index (κ2) is 5.25. The third-order valence-corrected chi connectivity index (χ3v) is 4.90. The summed E-state index contributed by atoms with van der Waals surface area (Å²) in [4.78, 5) is 0. The first-order valence-electron chi connectivity index (χ1n) is 7.25. The van der Waals surface area contributed by atoms with Crippen molar-refractivity contribution in [2.75, 3.05) is 39.5 Å². The highest BCUT2D eigenvalue weighted by Gasteiger charge is 2.42. The molecule has 0 aromatic heterocycles. The lowest BCUT2D eigenvalue weighted by Gasteiger charge is -2.46. The van der Waals surface area contributed by atoms with E-state index in [0.717, 1.165) is 32.3 Å². The predicted octanol–water partition coefficient (Wildman–Crippen LogP) is 1.82. The minimum Gasteiger partial charge on any atom is -0.381 e. The Bertz CT molecular complexity index is 238. The summed E-state index contributed by atoms with van der Waals surface area (Å²) in [7, 11) is 0. The number of ether oxygens (including phenoxy) is 2. The fourth-order valence-corrected chi connectivity index (χ4v) is 3.35. The van der Waals surface area contributed by atoms with Gasteiger partial charge in [-0.3, -0.25) is 0 Å². The van der Waals surface area contributed by atoms with Gasteiger partial charge < -0.3 is 14.8 Å². The zero-order chi connectivity index (χ0) is 11.6. The van der Waals surface area contributed by atoms with Crippen LogP contribution in [0.2, 0.25) is 0 Å². The molecule has 3 nitrogen and oxygen atoms in total. The Hall–Kier alpha value is -0.120. The Morgan fingerprint density at radius 3 is 2.71 bits per heavy atom. The van der Waals surface area contributed by atoms with Gasteiger partial charge in [0.1, 0.15) is 0 Å². The maximum Gasteiger partial charge on any atom is 0.0521 e. The number of hydrogen-bond acceptors (Lipinski definition) is 3. The molecule has 3 rings (SSSR count). The number of rotatable bonds is 4. The van der Waals surface area contributed by atoms with Crippen molar-refractivity contribution in [3.63, 3.8) is 0 Å². The van der Waals surface area contributed by atoms with E-state index in [1.165, 1.54) is 45.2 Å². The van der Waals surface area contributed by atoms with Crippen LogP contribution < -0.4 is 5.32 Å². The summed E-state index contributed by atoms with van der Waals surface area (Å²) in [5.74, 6) is 1.51. The number of piperidine rings is 1.